The zero-order chi connectivity index (χ0) is 16.2. The topological polar surface area (TPSA) is 63.7 Å². The maximum absolute atomic E-state index is 12.2. The van der Waals surface area contributed by atoms with Crippen LogP contribution in [-0.2, 0) is 9.05 Å². The number of hydrogen-bond acceptors (Lipinski definition) is 4. The number of carbonyl (C=O) groups is 1. The molecule has 0 aliphatic heterocycles. The van der Waals surface area contributed by atoms with Gasteiger partial charge in [-0.15, -0.1) is 0 Å². The Labute approximate surface area is 130 Å². The molecule has 0 unspecified atom stereocenters. The molecular weight excluding hydrogens is 314 g/mol. The maximum Gasteiger partial charge on any atom is 0.265 e. The first-order valence-corrected chi connectivity index (χ1v) is 8.98. The largest absolute Gasteiger partial charge is 0.490 e. The molecule has 0 aliphatic carbocycles. The fourth-order valence-corrected chi connectivity index (χ4v) is 2.83. The second-order valence-corrected chi connectivity index (χ2v) is 7.53. The lowest BCUT2D eigenvalue weighted by Crippen LogP contribution is -2.27. The molecule has 0 aliphatic rings. The summed E-state index contributed by atoms with van der Waals surface area (Å²) in [5.74, 6) is -0.107. The standard InChI is InChI=1S/C14H20ClNO4S/c1-5-8-16(4)14(17)11-6-7-12(20-10(2)3)13(9-11)21(15,18)19/h6-7,9-10H,5,8H2,1-4H3. The predicted molar refractivity (Wildman–Crippen MR) is 82.5 cm³/mol. The van der Waals surface area contributed by atoms with E-state index in [9.17, 15) is 13.2 Å². The summed E-state index contributed by atoms with van der Waals surface area (Å²) >= 11 is 0. The second-order valence-electron chi connectivity index (χ2n) is 4.99. The lowest BCUT2D eigenvalue weighted by atomic mass is 10.2. The van der Waals surface area contributed by atoms with Crippen molar-refractivity contribution in [2.45, 2.75) is 38.2 Å². The molecule has 0 aromatic heterocycles. The minimum absolute atomic E-state index is 0.148. The SMILES string of the molecule is CCCN(C)C(=O)c1ccc(OC(C)C)c(S(=O)(=O)Cl)c1. The Bertz CT molecular complexity index is 613. The number of rotatable bonds is 6. The fraction of sp³-hybridized carbons (Fsp3) is 0.500. The van der Waals surface area contributed by atoms with E-state index in [2.05, 4.69) is 0 Å². The molecule has 0 N–H and O–H groups in total. The molecule has 0 bridgehead atoms. The van der Waals surface area contributed by atoms with Crippen molar-refractivity contribution in [3.8, 4) is 5.75 Å². The molecule has 0 saturated carbocycles. The molecule has 0 heterocycles. The molecule has 118 valence electrons. The summed E-state index contributed by atoms with van der Waals surface area (Å²) in [7, 11) is 3.10. The highest BCUT2D eigenvalue weighted by Gasteiger charge is 2.21. The predicted octanol–water partition coefficient (Wildman–Crippen LogP) is 2.88. The molecule has 0 saturated heterocycles. The van der Waals surface area contributed by atoms with Crippen LogP contribution < -0.4 is 4.74 Å². The van der Waals surface area contributed by atoms with Crippen molar-refractivity contribution in [1.29, 1.82) is 0 Å². The molecule has 5 nitrogen and oxygen atoms in total. The van der Waals surface area contributed by atoms with Crippen molar-refractivity contribution >= 4 is 25.6 Å². The summed E-state index contributed by atoms with van der Waals surface area (Å²) in [4.78, 5) is 13.5. The second kappa shape index (κ2) is 7.13. The Balaban J connectivity index is 3.25. The third-order valence-corrected chi connectivity index (χ3v) is 4.06. The van der Waals surface area contributed by atoms with E-state index in [1.165, 1.54) is 23.1 Å². The van der Waals surface area contributed by atoms with Crippen LogP contribution >= 0.6 is 10.7 Å². The Hall–Kier alpha value is -1.27. The van der Waals surface area contributed by atoms with Crippen LogP contribution in [0.25, 0.3) is 0 Å². The normalized spacial score (nSPS) is 11.5. The lowest BCUT2D eigenvalue weighted by molar-refractivity contribution is 0.0795. The van der Waals surface area contributed by atoms with Gasteiger partial charge in [0.25, 0.3) is 15.0 Å². The number of nitrogens with zero attached hydrogens (tertiary/aromatic N) is 1. The third kappa shape index (κ3) is 4.89. The zero-order valence-corrected chi connectivity index (χ0v) is 14.2. The van der Waals surface area contributed by atoms with Crippen LogP contribution in [0, 0.1) is 0 Å². The summed E-state index contributed by atoms with van der Waals surface area (Å²) in [6, 6.07) is 4.26. The summed E-state index contributed by atoms with van der Waals surface area (Å²) in [5.41, 5.74) is 0.265. The number of benzene rings is 1. The van der Waals surface area contributed by atoms with Crippen molar-refractivity contribution in [2.24, 2.45) is 0 Å². The van der Waals surface area contributed by atoms with E-state index < -0.39 is 9.05 Å². The number of carbonyl (C=O) groups excluding carboxylic acids is 1. The Morgan fingerprint density at radius 1 is 1.38 bits per heavy atom. The molecule has 7 heteroatoms. The van der Waals surface area contributed by atoms with Gasteiger partial charge in [0.15, 0.2) is 0 Å². The van der Waals surface area contributed by atoms with Crippen LogP contribution in [0.2, 0.25) is 0 Å². The van der Waals surface area contributed by atoms with Crippen molar-refractivity contribution in [2.75, 3.05) is 13.6 Å². The van der Waals surface area contributed by atoms with Crippen molar-refractivity contribution in [1.82, 2.24) is 4.90 Å². The van der Waals surface area contributed by atoms with Crippen molar-refractivity contribution < 1.29 is 17.9 Å². The van der Waals surface area contributed by atoms with Crippen LogP contribution in [0.1, 0.15) is 37.6 Å². The summed E-state index contributed by atoms with van der Waals surface area (Å²) in [5, 5.41) is 0. The molecule has 0 radical (unpaired) electrons. The molecular formula is C14H20ClNO4S. The summed E-state index contributed by atoms with van der Waals surface area (Å²) in [6.45, 7) is 6.10. The van der Waals surface area contributed by atoms with E-state index in [0.29, 0.717) is 6.54 Å². The first-order valence-electron chi connectivity index (χ1n) is 6.67. The fourth-order valence-electron chi connectivity index (χ4n) is 1.84. The van der Waals surface area contributed by atoms with Crippen LogP contribution in [0.4, 0.5) is 0 Å². The van der Waals surface area contributed by atoms with Gasteiger partial charge in [0, 0.05) is 29.8 Å². The van der Waals surface area contributed by atoms with Crippen molar-refractivity contribution in [3.05, 3.63) is 23.8 Å². The van der Waals surface area contributed by atoms with Gasteiger partial charge < -0.3 is 9.64 Å². The van der Waals surface area contributed by atoms with E-state index in [4.69, 9.17) is 15.4 Å². The molecule has 1 rings (SSSR count). The molecule has 1 amide bonds. The molecule has 0 spiro atoms. The molecule has 21 heavy (non-hydrogen) atoms. The monoisotopic (exact) mass is 333 g/mol. The lowest BCUT2D eigenvalue weighted by Gasteiger charge is -2.18. The number of amides is 1. The van der Waals surface area contributed by atoms with Gasteiger partial charge in [-0.2, -0.15) is 0 Å². The van der Waals surface area contributed by atoms with E-state index in [1.54, 1.807) is 20.9 Å². The Morgan fingerprint density at radius 3 is 2.48 bits per heavy atom. The Kier molecular flexibility index (Phi) is 6.04. The third-order valence-electron chi connectivity index (χ3n) is 2.72. The van der Waals surface area contributed by atoms with E-state index in [1.807, 2.05) is 6.92 Å². The average Bonchev–Trinajstić information content (AvgIpc) is 2.36. The van der Waals surface area contributed by atoms with E-state index in [0.717, 1.165) is 6.42 Å². The van der Waals surface area contributed by atoms with Gasteiger partial charge in [0.05, 0.1) is 6.10 Å². The van der Waals surface area contributed by atoms with Gasteiger partial charge in [-0.1, -0.05) is 6.92 Å². The van der Waals surface area contributed by atoms with Crippen LogP contribution in [0.5, 0.6) is 5.75 Å². The van der Waals surface area contributed by atoms with Crippen LogP contribution in [0.3, 0.4) is 0 Å². The summed E-state index contributed by atoms with van der Waals surface area (Å²) < 4.78 is 28.8. The minimum Gasteiger partial charge on any atom is -0.490 e. The highest BCUT2D eigenvalue weighted by atomic mass is 35.7. The smallest absolute Gasteiger partial charge is 0.265 e. The average molecular weight is 334 g/mol. The molecule has 0 fully saturated rings. The minimum atomic E-state index is -4.00. The maximum atomic E-state index is 12.2. The van der Waals surface area contributed by atoms with E-state index >= 15 is 0 Å². The molecule has 0 atom stereocenters. The van der Waals surface area contributed by atoms with Crippen LogP contribution in [-0.4, -0.2) is 38.9 Å². The highest BCUT2D eigenvalue weighted by molar-refractivity contribution is 8.13. The highest BCUT2D eigenvalue weighted by Crippen LogP contribution is 2.29. The number of ether oxygens (including phenoxy) is 1. The first kappa shape index (κ1) is 17.8. The van der Waals surface area contributed by atoms with Gasteiger partial charge in [-0.3, -0.25) is 4.79 Å². The quantitative estimate of drug-likeness (QED) is 0.751. The number of halogens is 1. The molecule has 1 aromatic rings. The first-order chi connectivity index (χ1) is 9.66. The zero-order valence-electron chi connectivity index (χ0n) is 12.6. The van der Waals surface area contributed by atoms with E-state index in [-0.39, 0.29) is 28.2 Å². The number of hydrogen-bond donors (Lipinski definition) is 0. The van der Waals surface area contributed by atoms with Crippen molar-refractivity contribution in [3.63, 3.8) is 0 Å². The molecule has 1 aromatic carbocycles. The summed E-state index contributed by atoms with van der Waals surface area (Å²) in [6.07, 6.45) is 0.615. The van der Waals surface area contributed by atoms with Gasteiger partial charge >= 0.3 is 0 Å². The van der Waals surface area contributed by atoms with Gasteiger partial charge in [0.2, 0.25) is 0 Å². The van der Waals surface area contributed by atoms with Crippen LogP contribution in [0.15, 0.2) is 23.1 Å². The van der Waals surface area contributed by atoms with Gasteiger partial charge in [-0.25, -0.2) is 8.42 Å². The van der Waals surface area contributed by atoms with Gasteiger partial charge in [-0.05, 0) is 38.5 Å². The van der Waals surface area contributed by atoms with Gasteiger partial charge in [0.1, 0.15) is 10.6 Å². The Morgan fingerprint density at radius 2 is 2.00 bits per heavy atom.